The Hall–Kier alpha value is -2.12. The fourth-order valence-electron chi connectivity index (χ4n) is 4.17. The van der Waals surface area contributed by atoms with Gasteiger partial charge in [0, 0.05) is 20.1 Å². The third-order valence-electron chi connectivity index (χ3n) is 5.83. The number of rotatable bonds is 5. The first-order chi connectivity index (χ1) is 11.7. The highest BCUT2D eigenvalue weighted by Gasteiger charge is 2.47. The van der Waals surface area contributed by atoms with Crippen molar-refractivity contribution in [2.24, 2.45) is 24.8 Å². The fraction of sp³-hybridized carbons (Fsp3) is 0.750. The number of aromatic amines is 1. The Bertz CT molecular complexity index is 797. The summed E-state index contributed by atoms with van der Waals surface area (Å²) in [6.07, 6.45) is 7.96. The maximum absolute atomic E-state index is 11.9. The van der Waals surface area contributed by atoms with Gasteiger partial charge in [0.25, 0.3) is 0 Å². The summed E-state index contributed by atoms with van der Waals surface area (Å²) in [5, 5.41) is 11.4. The molecule has 2 aromatic heterocycles. The van der Waals surface area contributed by atoms with E-state index in [2.05, 4.69) is 25.2 Å². The normalized spacial score (nSPS) is 27.1. The van der Waals surface area contributed by atoms with Crippen LogP contribution in [-0.2, 0) is 13.6 Å². The maximum atomic E-state index is 11.9. The van der Waals surface area contributed by atoms with E-state index in [1.165, 1.54) is 25.7 Å². The van der Waals surface area contributed by atoms with Crippen molar-refractivity contribution in [2.45, 2.75) is 44.7 Å². The molecule has 2 aromatic rings. The van der Waals surface area contributed by atoms with Crippen molar-refractivity contribution in [1.82, 2.24) is 29.5 Å². The molecule has 3 aliphatic rings. The summed E-state index contributed by atoms with van der Waals surface area (Å²) < 4.78 is 3.70. The quantitative estimate of drug-likeness (QED) is 0.887. The number of hydrogen-bond donors (Lipinski definition) is 1. The van der Waals surface area contributed by atoms with E-state index in [0.29, 0.717) is 5.92 Å². The minimum Gasteiger partial charge on any atom is -0.330 e. The van der Waals surface area contributed by atoms with Gasteiger partial charge in [0.1, 0.15) is 6.33 Å². The summed E-state index contributed by atoms with van der Waals surface area (Å²) in [4.78, 5) is 18.8. The lowest BCUT2D eigenvalue weighted by Gasteiger charge is -2.28. The molecule has 0 amide bonds. The summed E-state index contributed by atoms with van der Waals surface area (Å²) in [7, 11) is 1.80. The van der Waals surface area contributed by atoms with Crippen LogP contribution in [0, 0.1) is 17.8 Å². The van der Waals surface area contributed by atoms with Crippen LogP contribution < -0.4 is 10.6 Å². The van der Waals surface area contributed by atoms with Crippen LogP contribution in [-0.4, -0.2) is 36.1 Å². The largest absolute Gasteiger partial charge is 0.343 e. The van der Waals surface area contributed by atoms with Gasteiger partial charge in [-0.25, -0.2) is 14.6 Å². The van der Waals surface area contributed by atoms with Crippen molar-refractivity contribution in [1.29, 1.82) is 0 Å². The van der Waals surface area contributed by atoms with Gasteiger partial charge < -0.3 is 4.90 Å². The maximum Gasteiger partial charge on any atom is 0.343 e. The molecule has 1 N–H and O–H groups in total. The number of anilines is 1. The second-order valence-electron chi connectivity index (χ2n) is 7.56. The van der Waals surface area contributed by atoms with Crippen LogP contribution in [0.1, 0.15) is 44.0 Å². The first-order valence-electron chi connectivity index (χ1n) is 8.98. The van der Waals surface area contributed by atoms with Crippen molar-refractivity contribution in [3.05, 3.63) is 22.6 Å². The standard InChI is InChI=1S/C16H23N7O/c1-21-14(19-20-16(21)24)13-12(11-4-5-11)6-7-22(13)15-17-9-18-23(15)8-10-2-3-10/h9-13H,2-8H2,1H3,(H,20,24). The van der Waals surface area contributed by atoms with Gasteiger partial charge in [0.2, 0.25) is 5.95 Å². The molecular weight excluding hydrogens is 306 g/mol. The number of nitrogens with one attached hydrogen (secondary N) is 1. The molecule has 0 aromatic carbocycles. The number of H-pyrrole nitrogens is 1. The molecule has 2 atom stereocenters. The third-order valence-corrected chi connectivity index (χ3v) is 5.83. The summed E-state index contributed by atoms with van der Waals surface area (Å²) in [6.45, 7) is 1.91. The second-order valence-corrected chi connectivity index (χ2v) is 7.56. The first kappa shape index (κ1) is 14.2. The monoisotopic (exact) mass is 329 g/mol. The van der Waals surface area contributed by atoms with Crippen LogP contribution in [0.2, 0.25) is 0 Å². The summed E-state index contributed by atoms with van der Waals surface area (Å²) in [5.74, 6) is 3.82. The molecule has 8 heteroatoms. The zero-order valence-corrected chi connectivity index (χ0v) is 13.9. The zero-order valence-electron chi connectivity index (χ0n) is 13.9. The van der Waals surface area contributed by atoms with Crippen molar-refractivity contribution in [3.63, 3.8) is 0 Å². The Morgan fingerprint density at radius 1 is 1.25 bits per heavy atom. The van der Waals surface area contributed by atoms with Gasteiger partial charge in [-0.2, -0.15) is 15.2 Å². The molecule has 24 heavy (non-hydrogen) atoms. The highest BCUT2D eigenvalue weighted by atomic mass is 16.1. The van der Waals surface area contributed by atoms with E-state index in [9.17, 15) is 4.79 Å². The molecule has 0 spiro atoms. The van der Waals surface area contributed by atoms with Crippen molar-refractivity contribution in [2.75, 3.05) is 11.4 Å². The average molecular weight is 329 g/mol. The Labute approximate surface area is 139 Å². The minimum absolute atomic E-state index is 0.114. The minimum atomic E-state index is -0.147. The van der Waals surface area contributed by atoms with Gasteiger partial charge in [-0.05, 0) is 49.9 Å². The lowest BCUT2D eigenvalue weighted by molar-refractivity contribution is 0.401. The molecule has 2 aliphatic carbocycles. The average Bonchev–Trinajstić information content (AvgIpc) is 3.46. The van der Waals surface area contributed by atoms with Crippen LogP contribution in [0.5, 0.6) is 0 Å². The van der Waals surface area contributed by atoms with Crippen molar-refractivity contribution in [3.8, 4) is 0 Å². The van der Waals surface area contributed by atoms with Crippen molar-refractivity contribution >= 4 is 5.95 Å². The van der Waals surface area contributed by atoms with Gasteiger partial charge in [0.05, 0.1) is 6.04 Å². The second kappa shape index (κ2) is 5.19. The van der Waals surface area contributed by atoms with Gasteiger partial charge in [0.15, 0.2) is 5.82 Å². The molecule has 8 nitrogen and oxygen atoms in total. The molecule has 0 bridgehead atoms. The molecule has 2 unspecified atom stereocenters. The third kappa shape index (κ3) is 2.27. The van der Waals surface area contributed by atoms with E-state index in [-0.39, 0.29) is 11.7 Å². The Morgan fingerprint density at radius 3 is 2.75 bits per heavy atom. The Balaban J connectivity index is 1.53. The van der Waals surface area contributed by atoms with Crippen LogP contribution >= 0.6 is 0 Å². The molecule has 0 radical (unpaired) electrons. The van der Waals surface area contributed by atoms with Crippen LogP contribution in [0.15, 0.2) is 11.1 Å². The summed E-state index contributed by atoms with van der Waals surface area (Å²) in [5.41, 5.74) is -0.147. The van der Waals surface area contributed by atoms with Crippen LogP contribution in [0.4, 0.5) is 5.95 Å². The predicted molar refractivity (Wildman–Crippen MR) is 87.5 cm³/mol. The van der Waals surface area contributed by atoms with E-state index in [0.717, 1.165) is 43.1 Å². The van der Waals surface area contributed by atoms with Gasteiger partial charge in [-0.3, -0.25) is 4.57 Å². The van der Waals surface area contributed by atoms with Crippen molar-refractivity contribution < 1.29 is 0 Å². The van der Waals surface area contributed by atoms with Crippen LogP contribution in [0.3, 0.4) is 0 Å². The van der Waals surface area contributed by atoms with Gasteiger partial charge >= 0.3 is 5.69 Å². The van der Waals surface area contributed by atoms with Gasteiger partial charge in [-0.1, -0.05) is 0 Å². The molecule has 5 rings (SSSR count). The van der Waals surface area contributed by atoms with Crippen LogP contribution in [0.25, 0.3) is 0 Å². The molecule has 3 fully saturated rings. The molecule has 3 heterocycles. The fourth-order valence-corrected chi connectivity index (χ4v) is 4.17. The van der Waals surface area contributed by atoms with E-state index in [4.69, 9.17) is 0 Å². The first-order valence-corrected chi connectivity index (χ1v) is 8.98. The highest BCUT2D eigenvalue weighted by Crippen LogP contribution is 2.50. The lowest BCUT2D eigenvalue weighted by atomic mass is 9.94. The van der Waals surface area contributed by atoms with E-state index in [1.807, 2.05) is 4.68 Å². The molecule has 1 aliphatic heterocycles. The SMILES string of the molecule is Cn1c(C2C(C3CC3)CCN2c2ncnn2CC2CC2)n[nH]c1=O. The Morgan fingerprint density at radius 2 is 2.08 bits per heavy atom. The molecule has 1 saturated heterocycles. The van der Waals surface area contributed by atoms with E-state index in [1.54, 1.807) is 17.9 Å². The van der Waals surface area contributed by atoms with E-state index >= 15 is 0 Å². The summed E-state index contributed by atoms with van der Waals surface area (Å²) in [6, 6.07) is 0.114. The Kier molecular flexibility index (Phi) is 3.08. The zero-order chi connectivity index (χ0) is 16.3. The predicted octanol–water partition coefficient (Wildman–Crippen LogP) is 1.09. The number of hydrogen-bond acceptors (Lipinski definition) is 5. The summed E-state index contributed by atoms with van der Waals surface area (Å²) >= 11 is 0. The van der Waals surface area contributed by atoms with E-state index < -0.39 is 0 Å². The molecule has 128 valence electrons. The number of aromatic nitrogens is 6. The topological polar surface area (TPSA) is 84.6 Å². The number of nitrogens with zero attached hydrogens (tertiary/aromatic N) is 6. The smallest absolute Gasteiger partial charge is 0.330 e. The highest BCUT2D eigenvalue weighted by molar-refractivity contribution is 5.37. The molecular formula is C16H23N7O. The lowest BCUT2D eigenvalue weighted by Crippen LogP contribution is -2.32. The molecule has 2 saturated carbocycles. The van der Waals surface area contributed by atoms with Gasteiger partial charge in [-0.15, -0.1) is 0 Å².